The van der Waals surface area contributed by atoms with Gasteiger partial charge < -0.3 is 19.6 Å². The molecule has 1 aliphatic heterocycles. The number of aromatic nitrogens is 3. The van der Waals surface area contributed by atoms with Crippen LogP contribution in [0.1, 0.15) is 18.7 Å². The topological polar surface area (TPSA) is 87.0 Å². The van der Waals surface area contributed by atoms with Crippen LogP contribution in [-0.4, -0.2) is 40.5 Å². The molecule has 0 atom stereocenters. The SMILES string of the molecule is O=C(NCCc1nc2ccccc2[nH]1)C1CCN(c2nc3ccccc3o2)CC1. The molecule has 148 valence electrons. The third-order valence-electron chi connectivity index (χ3n) is 5.52. The highest BCUT2D eigenvalue weighted by molar-refractivity contribution is 5.79. The lowest BCUT2D eigenvalue weighted by Gasteiger charge is -2.30. The van der Waals surface area contributed by atoms with Crippen LogP contribution in [0, 0.1) is 5.92 Å². The van der Waals surface area contributed by atoms with Crippen molar-refractivity contribution in [3.63, 3.8) is 0 Å². The van der Waals surface area contributed by atoms with Crippen LogP contribution in [0.15, 0.2) is 52.9 Å². The minimum absolute atomic E-state index is 0.0336. The third kappa shape index (κ3) is 3.68. The Balaban J connectivity index is 1.12. The maximum Gasteiger partial charge on any atom is 0.298 e. The Labute approximate surface area is 168 Å². The van der Waals surface area contributed by atoms with E-state index in [2.05, 4.69) is 25.2 Å². The van der Waals surface area contributed by atoms with E-state index < -0.39 is 0 Å². The summed E-state index contributed by atoms with van der Waals surface area (Å²) in [4.78, 5) is 27.1. The van der Waals surface area contributed by atoms with Crippen LogP contribution in [0.4, 0.5) is 6.01 Å². The monoisotopic (exact) mass is 389 g/mol. The van der Waals surface area contributed by atoms with Gasteiger partial charge in [-0.25, -0.2) is 4.98 Å². The van der Waals surface area contributed by atoms with Crippen molar-refractivity contribution < 1.29 is 9.21 Å². The molecule has 1 fully saturated rings. The highest BCUT2D eigenvalue weighted by Gasteiger charge is 2.27. The highest BCUT2D eigenvalue weighted by atomic mass is 16.4. The number of benzene rings is 2. The molecule has 29 heavy (non-hydrogen) atoms. The number of H-pyrrole nitrogens is 1. The number of anilines is 1. The molecule has 0 saturated carbocycles. The smallest absolute Gasteiger partial charge is 0.298 e. The second kappa shape index (κ2) is 7.58. The number of nitrogens with one attached hydrogen (secondary N) is 2. The van der Waals surface area contributed by atoms with Crippen LogP contribution in [0.5, 0.6) is 0 Å². The van der Waals surface area contributed by atoms with Gasteiger partial charge in [0.1, 0.15) is 11.3 Å². The zero-order chi connectivity index (χ0) is 19.6. The number of oxazole rings is 1. The van der Waals surface area contributed by atoms with E-state index in [0.717, 1.165) is 53.9 Å². The summed E-state index contributed by atoms with van der Waals surface area (Å²) in [6.45, 7) is 2.13. The molecule has 5 rings (SSSR count). The lowest BCUT2D eigenvalue weighted by molar-refractivity contribution is -0.125. The van der Waals surface area contributed by atoms with Gasteiger partial charge in [-0.2, -0.15) is 4.98 Å². The summed E-state index contributed by atoms with van der Waals surface area (Å²) in [5, 5.41) is 3.06. The second-order valence-corrected chi connectivity index (χ2v) is 7.47. The van der Waals surface area contributed by atoms with Gasteiger partial charge in [-0.15, -0.1) is 0 Å². The first-order valence-corrected chi connectivity index (χ1v) is 10.1. The predicted octanol–water partition coefficient (Wildman–Crippen LogP) is 3.28. The van der Waals surface area contributed by atoms with Crippen molar-refractivity contribution in [3.05, 3.63) is 54.4 Å². The van der Waals surface area contributed by atoms with Gasteiger partial charge in [-0.05, 0) is 37.1 Å². The molecular formula is C22H23N5O2. The Kier molecular flexibility index (Phi) is 4.63. The first-order valence-electron chi connectivity index (χ1n) is 10.1. The number of piperidine rings is 1. The molecule has 4 aromatic rings. The number of hydrogen-bond donors (Lipinski definition) is 2. The quantitative estimate of drug-likeness (QED) is 0.547. The summed E-state index contributed by atoms with van der Waals surface area (Å²) in [7, 11) is 0. The van der Waals surface area contributed by atoms with Gasteiger partial charge in [0.05, 0.1) is 11.0 Å². The Morgan fingerprint density at radius 1 is 1.07 bits per heavy atom. The normalized spacial score (nSPS) is 15.2. The number of imidazole rings is 1. The fourth-order valence-corrected chi connectivity index (χ4v) is 3.90. The molecule has 2 N–H and O–H groups in total. The molecule has 7 heteroatoms. The van der Waals surface area contributed by atoms with Crippen molar-refractivity contribution in [2.75, 3.05) is 24.5 Å². The van der Waals surface area contributed by atoms with Crippen molar-refractivity contribution in [3.8, 4) is 0 Å². The molecule has 0 aliphatic carbocycles. The van der Waals surface area contributed by atoms with Crippen LogP contribution < -0.4 is 10.2 Å². The van der Waals surface area contributed by atoms with Gasteiger partial charge in [-0.3, -0.25) is 4.79 Å². The summed E-state index contributed by atoms with van der Waals surface area (Å²) in [6.07, 6.45) is 2.30. The molecule has 0 unspecified atom stereocenters. The fourth-order valence-electron chi connectivity index (χ4n) is 3.90. The zero-order valence-electron chi connectivity index (χ0n) is 16.1. The van der Waals surface area contributed by atoms with Gasteiger partial charge >= 0.3 is 0 Å². The van der Waals surface area contributed by atoms with Gasteiger partial charge in [0, 0.05) is 32.0 Å². The maximum absolute atomic E-state index is 12.5. The van der Waals surface area contributed by atoms with Crippen LogP contribution in [-0.2, 0) is 11.2 Å². The number of amides is 1. The van der Waals surface area contributed by atoms with Crippen LogP contribution in [0.2, 0.25) is 0 Å². The number of aromatic amines is 1. The Morgan fingerprint density at radius 2 is 1.83 bits per heavy atom. The predicted molar refractivity (Wildman–Crippen MR) is 112 cm³/mol. The molecule has 7 nitrogen and oxygen atoms in total. The van der Waals surface area contributed by atoms with Gasteiger partial charge in [-0.1, -0.05) is 24.3 Å². The number of rotatable bonds is 5. The van der Waals surface area contributed by atoms with Crippen LogP contribution >= 0.6 is 0 Å². The average molecular weight is 389 g/mol. The van der Waals surface area contributed by atoms with E-state index in [4.69, 9.17) is 4.42 Å². The number of fused-ring (bicyclic) bond motifs is 2. The van der Waals surface area contributed by atoms with E-state index in [0.29, 0.717) is 19.0 Å². The van der Waals surface area contributed by atoms with Crippen molar-refractivity contribution in [1.82, 2.24) is 20.3 Å². The third-order valence-corrected chi connectivity index (χ3v) is 5.52. The molecule has 0 bridgehead atoms. The zero-order valence-corrected chi connectivity index (χ0v) is 16.1. The molecule has 0 radical (unpaired) electrons. The molecule has 0 spiro atoms. The maximum atomic E-state index is 12.5. The Hall–Kier alpha value is -3.35. The summed E-state index contributed by atoms with van der Waals surface area (Å²) in [5.74, 6) is 1.06. The molecule has 1 saturated heterocycles. The van der Waals surface area contributed by atoms with Crippen molar-refractivity contribution >= 4 is 34.1 Å². The highest BCUT2D eigenvalue weighted by Crippen LogP contribution is 2.26. The molecule has 3 heterocycles. The second-order valence-electron chi connectivity index (χ2n) is 7.47. The minimum Gasteiger partial charge on any atom is -0.423 e. The summed E-state index contributed by atoms with van der Waals surface area (Å²) in [5.41, 5.74) is 3.65. The molecule has 1 amide bonds. The summed E-state index contributed by atoms with van der Waals surface area (Å²) >= 11 is 0. The van der Waals surface area contributed by atoms with Crippen molar-refractivity contribution in [1.29, 1.82) is 0 Å². The fraction of sp³-hybridized carbons (Fsp3) is 0.318. The van der Waals surface area contributed by atoms with E-state index in [1.165, 1.54) is 0 Å². The Morgan fingerprint density at radius 3 is 2.62 bits per heavy atom. The van der Waals surface area contributed by atoms with E-state index in [1.54, 1.807) is 0 Å². The summed E-state index contributed by atoms with van der Waals surface area (Å²) in [6, 6.07) is 16.4. The number of hydrogen-bond acceptors (Lipinski definition) is 5. The van der Waals surface area contributed by atoms with E-state index in [-0.39, 0.29) is 11.8 Å². The Bertz CT molecular complexity index is 1070. The number of carbonyl (C=O) groups excluding carboxylic acids is 1. The minimum atomic E-state index is 0.0336. The van der Waals surface area contributed by atoms with Gasteiger partial charge in [0.2, 0.25) is 5.91 Å². The molecule has 1 aliphatic rings. The van der Waals surface area contributed by atoms with E-state index >= 15 is 0 Å². The van der Waals surface area contributed by atoms with Gasteiger partial charge in [0.15, 0.2) is 5.58 Å². The molecular weight excluding hydrogens is 366 g/mol. The lowest BCUT2D eigenvalue weighted by atomic mass is 9.96. The lowest BCUT2D eigenvalue weighted by Crippen LogP contribution is -2.41. The average Bonchev–Trinajstić information content (AvgIpc) is 3.37. The standard InChI is InChI=1S/C22H23N5O2/c28-21(23-12-9-20-24-16-5-1-2-6-17(16)25-20)15-10-13-27(14-11-15)22-26-18-7-3-4-8-19(18)29-22/h1-8,15H,9-14H2,(H,23,28)(H,24,25). The van der Waals surface area contributed by atoms with E-state index in [1.807, 2.05) is 48.5 Å². The number of carbonyl (C=O) groups is 1. The van der Waals surface area contributed by atoms with Crippen LogP contribution in [0.25, 0.3) is 22.1 Å². The van der Waals surface area contributed by atoms with Crippen LogP contribution in [0.3, 0.4) is 0 Å². The first-order chi connectivity index (χ1) is 14.3. The van der Waals surface area contributed by atoms with Crippen molar-refractivity contribution in [2.24, 2.45) is 5.92 Å². The molecule has 2 aromatic carbocycles. The van der Waals surface area contributed by atoms with E-state index in [9.17, 15) is 4.79 Å². The van der Waals surface area contributed by atoms with Crippen molar-refractivity contribution in [2.45, 2.75) is 19.3 Å². The first kappa shape index (κ1) is 17.7. The number of para-hydroxylation sites is 4. The summed E-state index contributed by atoms with van der Waals surface area (Å²) < 4.78 is 5.85. The van der Waals surface area contributed by atoms with Gasteiger partial charge in [0.25, 0.3) is 6.01 Å². The largest absolute Gasteiger partial charge is 0.423 e. The number of nitrogens with zero attached hydrogens (tertiary/aromatic N) is 3. The molecule has 2 aromatic heterocycles.